The van der Waals surface area contributed by atoms with Gasteiger partial charge in [-0.15, -0.1) is 0 Å². The molecule has 2 fully saturated rings. The maximum atomic E-state index is 12.0. The second kappa shape index (κ2) is 6.30. The van der Waals surface area contributed by atoms with Crippen LogP contribution in [-0.4, -0.2) is 55.2 Å². The number of piperidine rings is 2. The summed E-state index contributed by atoms with van der Waals surface area (Å²) in [6.07, 6.45) is 1.05. The Hall–Kier alpha value is -0.820. The number of halogens is 3. The van der Waals surface area contributed by atoms with E-state index in [-0.39, 0.29) is 18.5 Å². The van der Waals surface area contributed by atoms with Crippen molar-refractivity contribution in [1.29, 1.82) is 0 Å². The normalized spacial score (nSPS) is 31.1. The van der Waals surface area contributed by atoms with Crippen LogP contribution in [0, 0.1) is 0 Å². The van der Waals surface area contributed by atoms with Crippen molar-refractivity contribution in [2.45, 2.75) is 56.4 Å². The Balaban J connectivity index is 1.72. The third-order valence-corrected chi connectivity index (χ3v) is 4.32. The Labute approximate surface area is 117 Å². The van der Waals surface area contributed by atoms with E-state index >= 15 is 0 Å². The molecule has 0 aliphatic carbocycles. The van der Waals surface area contributed by atoms with Gasteiger partial charge in [0.25, 0.3) is 0 Å². The van der Waals surface area contributed by atoms with Crippen LogP contribution in [-0.2, 0) is 4.79 Å². The van der Waals surface area contributed by atoms with E-state index in [4.69, 9.17) is 0 Å². The molecule has 7 heteroatoms. The molecule has 2 aliphatic heterocycles. The Kier molecular flexibility index (Phi) is 4.90. The van der Waals surface area contributed by atoms with E-state index in [1.807, 2.05) is 0 Å². The predicted octanol–water partition coefficient (Wildman–Crippen LogP) is 1.27. The van der Waals surface area contributed by atoms with Gasteiger partial charge in [0.1, 0.15) is 0 Å². The standard InChI is InChI=1S/C13H22F3N3O/c1-19-10-3-2-4-11(19)6-9(5-10)18-12(20)7-17-8-13(14,15)16/h9-11,17H,2-8H2,1H3,(H,18,20). The molecule has 2 atom stereocenters. The molecule has 1 amide bonds. The van der Waals surface area contributed by atoms with Crippen molar-refractivity contribution in [1.82, 2.24) is 15.5 Å². The van der Waals surface area contributed by atoms with Crippen molar-refractivity contribution in [3.63, 3.8) is 0 Å². The van der Waals surface area contributed by atoms with Crippen LogP contribution in [0.3, 0.4) is 0 Å². The van der Waals surface area contributed by atoms with Crippen molar-refractivity contribution in [3.05, 3.63) is 0 Å². The second-order valence-electron chi connectivity index (χ2n) is 5.86. The molecule has 20 heavy (non-hydrogen) atoms. The van der Waals surface area contributed by atoms with Crippen molar-refractivity contribution in [2.75, 3.05) is 20.1 Å². The van der Waals surface area contributed by atoms with Gasteiger partial charge in [0.05, 0.1) is 13.1 Å². The van der Waals surface area contributed by atoms with Gasteiger partial charge in [-0.3, -0.25) is 4.79 Å². The number of carbonyl (C=O) groups is 1. The summed E-state index contributed by atoms with van der Waals surface area (Å²) in [6, 6.07) is 1.09. The van der Waals surface area contributed by atoms with Crippen LogP contribution in [0.25, 0.3) is 0 Å². The van der Waals surface area contributed by atoms with Crippen LogP contribution in [0.5, 0.6) is 0 Å². The molecule has 2 unspecified atom stereocenters. The smallest absolute Gasteiger partial charge is 0.352 e. The molecule has 0 saturated carbocycles. The lowest BCUT2D eigenvalue weighted by molar-refractivity contribution is -0.129. The van der Waals surface area contributed by atoms with Crippen molar-refractivity contribution >= 4 is 5.91 Å². The molecule has 0 spiro atoms. The molecule has 116 valence electrons. The summed E-state index contributed by atoms with van der Waals surface area (Å²) in [5, 5.41) is 4.99. The fourth-order valence-electron chi connectivity index (χ4n) is 3.33. The number of amides is 1. The molecule has 2 aliphatic rings. The molecule has 2 rings (SSSR count). The van der Waals surface area contributed by atoms with E-state index in [0.29, 0.717) is 12.1 Å². The molecular weight excluding hydrogens is 271 g/mol. The van der Waals surface area contributed by atoms with Gasteiger partial charge in [-0.25, -0.2) is 0 Å². The average molecular weight is 293 g/mol. The third-order valence-electron chi connectivity index (χ3n) is 4.32. The number of alkyl halides is 3. The number of nitrogens with zero attached hydrogens (tertiary/aromatic N) is 1. The minimum absolute atomic E-state index is 0.0988. The van der Waals surface area contributed by atoms with Crippen molar-refractivity contribution < 1.29 is 18.0 Å². The second-order valence-corrected chi connectivity index (χ2v) is 5.86. The highest BCUT2D eigenvalue weighted by Crippen LogP contribution is 2.32. The van der Waals surface area contributed by atoms with E-state index in [0.717, 1.165) is 25.7 Å². The van der Waals surface area contributed by atoms with E-state index in [1.54, 1.807) is 0 Å². The highest BCUT2D eigenvalue weighted by molar-refractivity contribution is 5.78. The van der Waals surface area contributed by atoms with Gasteiger partial charge in [0.15, 0.2) is 0 Å². The Morgan fingerprint density at radius 2 is 1.85 bits per heavy atom. The van der Waals surface area contributed by atoms with Crippen LogP contribution in [0.15, 0.2) is 0 Å². The van der Waals surface area contributed by atoms with Gasteiger partial charge in [-0.1, -0.05) is 6.42 Å². The van der Waals surface area contributed by atoms with Crippen molar-refractivity contribution in [3.8, 4) is 0 Å². The lowest BCUT2D eigenvalue weighted by Crippen LogP contribution is -2.56. The fraction of sp³-hybridized carbons (Fsp3) is 0.923. The number of carbonyl (C=O) groups excluding carboxylic acids is 1. The monoisotopic (exact) mass is 293 g/mol. The number of hydrogen-bond donors (Lipinski definition) is 2. The van der Waals surface area contributed by atoms with Gasteiger partial charge in [-0.2, -0.15) is 13.2 Å². The molecule has 2 saturated heterocycles. The third kappa shape index (κ3) is 4.34. The van der Waals surface area contributed by atoms with Gasteiger partial charge < -0.3 is 15.5 Å². The predicted molar refractivity (Wildman–Crippen MR) is 69.3 cm³/mol. The molecule has 2 N–H and O–H groups in total. The Bertz CT molecular complexity index is 334. The van der Waals surface area contributed by atoms with Crippen LogP contribution < -0.4 is 10.6 Å². The fourth-order valence-corrected chi connectivity index (χ4v) is 3.33. The SMILES string of the molecule is CN1C2CCCC1CC(NC(=O)CNCC(F)(F)F)C2. The molecule has 4 nitrogen and oxygen atoms in total. The summed E-state index contributed by atoms with van der Waals surface area (Å²) in [5.41, 5.74) is 0. The van der Waals surface area contributed by atoms with Gasteiger partial charge in [0, 0.05) is 18.1 Å². The quantitative estimate of drug-likeness (QED) is 0.820. The van der Waals surface area contributed by atoms with E-state index < -0.39 is 12.7 Å². The summed E-state index contributed by atoms with van der Waals surface area (Å²) in [6.45, 7) is -1.40. The highest BCUT2D eigenvalue weighted by Gasteiger charge is 2.36. The van der Waals surface area contributed by atoms with E-state index in [9.17, 15) is 18.0 Å². The van der Waals surface area contributed by atoms with Gasteiger partial charge >= 0.3 is 6.18 Å². The molecule has 0 aromatic heterocycles. The van der Waals surface area contributed by atoms with E-state index in [2.05, 4.69) is 22.6 Å². The number of rotatable bonds is 4. The zero-order valence-corrected chi connectivity index (χ0v) is 11.7. The number of nitrogens with one attached hydrogen (secondary N) is 2. The van der Waals surface area contributed by atoms with Crippen LogP contribution in [0.1, 0.15) is 32.1 Å². The van der Waals surface area contributed by atoms with Crippen LogP contribution in [0.2, 0.25) is 0 Å². The first-order chi connectivity index (χ1) is 9.35. The average Bonchev–Trinajstić information content (AvgIpc) is 2.28. The summed E-state index contributed by atoms with van der Waals surface area (Å²) in [4.78, 5) is 14.0. The topological polar surface area (TPSA) is 44.4 Å². The lowest BCUT2D eigenvalue weighted by Gasteiger charge is -2.47. The summed E-state index contributed by atoms with van der Waals surface area (Å²) in [7, 11) is 2.12. The maximum absolute atomic E-state index is 12.0. The molecular formula is C13H22F3N3O. The summed E-state index contributed by atoms with van der Waals surface area (Å²) in [5.74, 6) is -0.345. The largest absolute Gasteiger partial charge is 0.401 e. The zero-order valence-electron chi connectivity index (χ0n) is 11.7. The number of fused-ring (bicyclic) bond motifs is 2. The molecule has 2 bridgehead atoms. The minimum atomic E-state index is -4.27. The lowest BCUT2D eigenvalue weighted by atomic mass is 9.82. The zero-order chi connectivity index (χ0) is 14.8. The van der Waals surface area contributed by atoms with Crippen LogP contribution in [0.4, 0.5) is 13.2 Å². The van der Waals surface area contributed by atoms with E-state index in [1.165, 1.54) is 6.42 Å². The molecule has 0 aromatic rings. The molecule has 0 aromatic carbocycles. The summed E-state index contributed by atoms with van der Waals surface area (Å²) < 4.78 is 35.9. The first-order valence-corrected chi connectivity index (χ1v) is 7.14. The number of hydrogen-bond acceptors (Lipinski definition) is 3. The Morgan fingerprint density at radius 3 is 2.40 bits per heavy atom. The van der Waals surface area contributed by atoms with Crippen LogP contribution >= 0.6 is 0 Å². The Morgan fingerprint density at radius 1 is 1.25 bits per heavy atom. The minimum Gasteiger partial charge on any atom is -0.352 e. The van der Waals surface area contributed by atoms with Gasteiger partial charge in [0.2, 0.25) is 5.91 Å². The summed E-state index contributed by atoms with van der Waals surface area (Å²) >= 11 is 0. The highest BCUT2D eigenvalue weighted by atomic mass is 19.4. The maximum Gasteiger partial charge on any atom is 0.401 e. The van der Waals surface area contributed by atoms with Gasteiger partial charge in [-0.05, 0) is 32.7 Å². The molecule has 2 heterocycles. The van der Waals surface area contributed by atoms with Crippen molar-refractivity contribution in [2.24, 2.45) is 0 Å². The first kappa shape index (κ1) is 15.6. The first-order valence-electron chi connectivity index (χ1n) is 7.14. The molecule has 0 radical (unpaired) electrons.